The lowest BCUT2D eigenvalue weighted by Crippen LogP contribution is -2.55. The molecule has 1 unspecified atom stereocenters. The quantitative estimate of drug-likeness (QED) is 0.820. The van der Waals surface area contributed by atoms with Crippen LogP contribution in [0.15, 0.2) is 0 Å². The van der Waals surface area contributed by atoms with E-state index in [4.69, 9.17) is 10.5 Å². The predicted octanol–water partition coefficient (Wildman–Crippen LogP) is 2.00. The van der Waals surface area contributed by atoms with Gasteiger partial charge in [0.25, 0.3) is 0 Å². The van der Waals surface area contributed by atoms with E-state index in [9.17, 15) is 0 Å². The highest BCUT2D eigenvalue weighted by Gasteiger charge is 2.43. The number of rotatable bonds is 3. The van der Waals surface area contributed by atoms with E-state index < -0.39 is 0 Å². The fourth-order valence-corrected chi connectivity index (χ4v) is 3.39. The highest BCUT2D eigenvalue weighted by Crippen LogP contribution is 2.43. The standard InChI is InChI=1S/C14H28N2O/c1-13(2)5-7-14(11-15,8-6-13)16-9-4-12(10-16)17-3/h12H,4-11,15H2,1-3H3. The molecule has 1 atom stereocenters. The van der Waals surface area contributed by atoms with Crippen molar-refractivity contribution >= 4 is 0 Å². The van der Waals surface area contributed by atoms with E-state index in [1.165, 1.54) is 32.1 Å². The Balaban J connectivity index is 2.01. The molecule has 0 aromatic heterocycles. The molecule has 0 bridgehead atoms. The van der Waals surface area contributed by atoms with E-state index >= 15 is 0 Å². The Bertz CT molecular complexity index is 255. The lowest BCUT2D eigenvalue weighted by atomic mass is 9.69. The van der Waals surface area contributed by atoms with Gasteiger partial charge in [0.1, 0.15) is 0 Å². The van der Waals surface area contributed by atoms with Crippen molar-refractivity contribution in [1.82, 2.24) is 4.90 Å². The van der Waals surface area contributed by atoms with E-state index in [-0.39, 0.29) is 5.54 Å². The molecule has 100 valence electrons. The summed E-state index contributed by atoms with van der Waals surface area (Å²) in [5.41, 5.74) is 6.89. The molecular weight excluding hydrogens is 212 g/mol. The topological polar surface area (TPSA) is 38.5 Å². The SMILES string of the molecule is COC1CCN(C2(CN)CCC(C)(C)CC2)C1. The van der Waals surface area contributed by atoms with Crippen LogP contribution in [0.4, 0.5) is 0 Å². The maximum atomic E-state index is 6.11. The van der Waals surface area contributed by atoms with Gasteiger partial charge in [-0.3, -0.25) is 4.90 Å². The van der Waals surface area contributed by atoms with Gasteiger partial charge in [0.15, 0.2) is 0 Å². The van der Waals surface area contributed by atoms with Gasteiger partial charge in [-0.15, -0.1) is 0 Å². The normalized spacial score (nSPS) is 32.8. The first kappa shape index (κ1) is 13.3. The van der Waals surface area contributed by atoms with Crippen molar-refractivity contribution < 1.29 is 4.74 Å². The van der Waals surface area contributed by atoms with Crippen LogP contribution in [0.3, 0.4) is 0 Å². The molecule has 3 nitrogen and oxygen atoms in total. The van der Waals surface area contributed by atoms with E-state index in [1.807, 2.05) is 7.11 Å². The molecule has 2 rings (SSSR count). The fraction of sp³-hybridized carbons (Fsp3) is 1.00. The highest BCUT2D eigenvalue weighted by atomic mass is 16.5. The van der Waals surface area contributed by atoms with E-state index in [0.717, 1.165) is 19.6 Å². The summed E-state index contributed by atoms with van der Waals surface area (Å²) in [6.07, 6.45) is 6.71. The number of ether oxygens (including phenoxy) is 1. The third-order valence-electron chi connectivity index (χ3n) is 5.06. The van der Waals surface area contributed by atoms with Crippen LogP contribution in [0.25, 0.3) is 0 Å². The van der Waals surface area contributed by atoms with Crippen LogP contribution in [-0.2, 0) is 4.74 Å². The molecule has 2 N–H and O–H groups in total. The Morgan fingerprint density at radius 2 is 1.88 bits per heavy atom. The zero-order valence-electron chi connectivity index (χ0n) is 11.7. The van der Waals surface area contributed by atoms with Gasteiger partial charge in [-0.25, -0.2) is 0 Å². The molecule has 17 heavy (non-hydrogen) atoms. The summed E-state index contributed by atoms with van der Waals surface area (Å²) in [6.45, 7) is 7.81. The van der Waals surface area contributed by atoms with Crippen LogP contribution in [-0.4, -0.2) is 43.3 Å². The van der Waals surface area contributed by atoms with Crippen LogP contribution >= 0.6 is 0 Å². The summed E-state index contributed by atoms with van der Waals surface area (Å²) < 4.78 is 5.48. The lowest BCUT2D eigenvalue weighted by molar-refractivity contribution is 0.0244. The average molecular weight is 240 g/mol. The Hall–Kier alpha value is -0.120. The summed E-state index contributed by atoms with van der Waals surface area (Å²) in [6, 6.07) is 0. The smallest absolute Gasteiger partial charge is 0.0710 e. The molecule has 1 saturated heterocycles. The molecular formula is C14H28N2O. The number of hydrogen-bond donors (Lipinski definition) is 1. The molecule has 0 spiro atoms. The summed E-state index contributed by atoms with van der Waals surface area (Å²) in [7, 11) is 1.83. The molecule has 1 heterocycles. The van der Waals surface area contributed by atoms with Gasteiger partial charge in [0, 0.05) is 32.3 Å². The second-order valence-electron chi connectivity index (χ2n) is 6.69. The Morgan fingerprint density at radius 1 is 1.24 bits per heavy atom. The van der Waals surface area contributed by atoms with E-state index in [1.54, 1.807) is 0 Å². The first-order chi connectivity index (χ1) is 8.01. The highest BCUT2D eigenvalue weighted by molar-refractivity contribution is 5.00. The number of methoxy groups -OCH3 is 1. The van der Waals surface area contributed by atoms with Crippen LogP contribution in [0.2, 0.25) is 0 Å². The maximum absolute atomic E-state index is 6.11. The van der Waals surface area contributed by atoms with Gasteiger partial charge in [-0.1, -0.05) is 13.8 Å². The van der Waals surface area contributed by atoms with Crippen molar-refractivity contribution in [3.05, 3.63) is 0 Å². The third-order valence-corrected chi connectivity index (χ3v) is 5.06. The Morgan fingerprint density at radius 3 is 2.35 bits per heavy atom. The lowest BCUT2D eigenvalue weighted by Gasteiger charge is -2.48. The van der Waals surface area contributed by atoms with Crippen molar-refractivity contribution in [3.63, 3.8) is 0 Å². The molecule has 0 aromatic rings. The molecule has 1 saturated carbocycles. The van der Waals surface area contributed by atoms with Gasteiger partial charge in [0.2, 0.25) is 0 Å². The van der Waals surface area contributed by atoms with Crippen LogP contribution in [0.5, 0.6) is 0 Å². The Kier molecular flexibility index (Phi) is 3.81. The number of nitrogens with two attached hydrogens (primary N) is 1. The number of hydrogen-bond acceptors (Lipinski definition) is 3. The van der Waals surface area contributed by atoms with E-state index in [2.05, 4.69) is 18.7 Å². The second-order valence-corrected chi connectivity index (χ2v) is 6.69. The first-order valence-corrected chi connectivity index (χ1v) is 6.99. The van der Waals surface area contributed by atoms with Crippen molar-refractivity contribution in [3.8, 4) is 0 Å². The zero-order valence-corrected chi connectivity index (χ0v) is 11.7. The summed E-state index contributed by atoms with van der Waals surface area (Å²) in [5.74, 6) is 0. The van der Waals surface area contributed by atoms with Crippen LogP contribution in [0.1, 0.15) is 46.0 Å². The van der Waals surface area contributed by atoms with Gasteiger partial charge in [-0.05, 0) is 37.5 Å². The monoisotopic (exact) mass is 240 g/mol. The molecule has 1 aliphatic carbocycles. The largest absolute Gasteiger partial charge is 0.380 e. The average Bonchev–Trinajstić information content (AvgIpc) is 2.79. The van der Waals surface area contributed by atoms with Crippen molar-refractivity contribution in [2.45, 2.75) is 57.6 Å². The van der Waals surface area contributed by atoms with Crippen molar-refractivity contribution in [2.75, 3.05) is 26.7 Å². The predicted molar refractivity (Wildman–Crippen MR) is 71.0 cm³/mol. The van der Waals surface area contributed by atoms with Crippen molar-refractivity contribution in [2.24, 2.45) is 11.1 Å². The maximum Gasteiger partial charge on any atom is 0.0710 e. The van der Waals surface area contributed by atoms with Gasteiger partial charge < -0.3 is 10.5 Å². The first-order valence-electron chi connectivity index (χ1n) is 6.99. The molecule has 0 amide bonds. The summed E-state index contributed by atoms with van der Waals surface area (Å²) in [5, 5.41) is 0. The number of nitrogens with zero attached hydrogens (tertiary/aromatic N) is 1. The second kappa shape index (κ2) is 4.87. The molecule has 1 aliphatic heterocycles. The molecule has 0 aromatic carbocycles. The molecule has 0 radical (unpaired) electrons. The molecule has 2 aliphatic rings. The van der Waals surface area contributed by atoms with Gasteiger partial charge in [-0.2, -0.15) is 0 Å². The van der Waals surface area contributed by atoms with Crippen LogP contribution in [0, 0.1) is 5.41 Å². The minimum atomic E-state index is 0.267. The minimum absolute atomic E-state index is 0.267. The Labute approximate surface area is 106 Å². The van der Waals surface area contributed by atoms with Gasteiger partial charge in [0.05, 0.1) is 6.10 Å². The number of likely N-dealkylation sites (tertiary alicyclic amines) is 1. The molecule has 2 fully saturated rings. The minimum Gasteiger partial charge on any atom is -0.380 e. The van der Waals surface area contributed by atoms with Crippen molar-refractivity contribution in [1.29, 1.82) is 0 Å². The van der Waals surface area contributed by atoms with Gasteiger partial charge >= 0.3 is 0 Å². The summed E-state index contributed by atoms with van der Waals surface area (Å²) >= 11 is 0. The molecule has 3 heteroatoms. The van der Waals surface area contributed by atoms with Crippen LogP contribution < -0.4 is 5.73 Å². The summed E-state index contributed by atoms with van der Waals surface area (Å²) in [4.78, 5) is 2.61. The van der Waals surface area contributed by atoms with E-state index in [0.29, 0.717) is 11.5 Å². The fourth-order valence-electron chi connectivity index (χ4n) is 3.39. The third kappa shape index (κ3) is 2.67. The zero-order chi connectivity index (χ0) is 12.5.